The Kier molecular flexibility index (Phi) is 5.61. The molecule has 2 N–H and O–H groups in total. The molecule has 0 fully saturated rings. The molecular formula is C24H18N6O2S. The van der Waals surface area contributed by atoms with Crippen LogP contribution in [0.15, 0.2) is 91.3 Å². The summed E-state index contributed by atoms with van der Waals surface area (Å²) in [5, 5.41) is 18.9. The summed E-state index contributed by atoms with van der Waals surface area (Å²) < 4.78 is 0.975. The van der Waals surface area contributed by atoms with Crippen LogP contribution in [0.25, 0.3) is 10.2 Å². The maximum atomic E-state index is 12.1. The number of benzene rings is 3. The second-order valence-electron chi connectivity index (χ2n) is 7.19. The van der Waals surface area contributed by atoms with E-state index in [1.807, 2.05) is 84.9 Å². The molecule has 0 aliphatic heterocycles. The van der Waals surface area contributed by atoms with Gasteiger partial charge >= 0.3 is 5.69 Å². The van der Waals surface area contributed by atoms with E-state index in [0.717, 1.165) is 21.3 Å². The van der Waals surface area contributed by atoms with Gasteiger partial charge in [-0.15, -0.1) is 0 Å². The van der Waals surface area contributed by atoms with Gasteiger partial charge in [-0.25, -0.2) is 15.0 Å². The molecule has 8 nitrogen and oxygen atoms in total. The molecule has 162 valence electrons. The monoisotopic (exact) mass is 454 g/mol. The van der Waals surface area contributed by atoms with Gasteiger partial charge in [0.25, 0.3) is 0 Å². The third-order valence-corrected chi connectivity index (χ3v) is 6.02. The first kappa shape index (κ1) is 20.5. The fraction of sp³-hybridized carbons (Fsp3) is 0.0417. The largest absolute Gasteiger partial charge is 0.353 e. The van der Waals surface area contributed by atoms with Gasteiger partial charge in [-0.3, -0.25) is 10.1 Å². The maximum Gasteiger partial charge on any atom is 0.353 e. The molecule has 0 bridgehead atoms. The van der Waals surface area contributed by atoms with Crippen LogP contribution in [0.3, 0.4) is 0 Å². The van der Waals surface area contributed by atoms with Crippen molar-refractivity contribution >= 4 is 44.0 Å². The highest BCUT2D eigenvalue weighted by Gasteiger charge is 2.26. The Morgan fingerprint density at radius 3 is 2.06 bits per heavy atom. The number of para-hydroxylation sites is 1. The molecule has 0 aliphatic carbocycles. The first-order valence-corrected chi connectivity index (χ1v) is 11.0. The summed E-state index contributed by atoms with van der Waals surface area (Å²) in [6.45, 7) is 0. The normalized spacial score (nSPS) is 10.9. The molecule has 0 atom stereocenters. The Labute approximate surface area is 193 Å². The molecule has 5 rings (SSSR count). The van der Waals surface area contributed by atoms with E-state index in [0.29, 0.717) is 5.13 Å². The minimum atomic E-state index is -0.481. The van der Waals surface area contributed by atoms with Crippen molar-refractivity contribution in [1.29, 1.82) is 0 Å². The topological polar surface area (TPSA) is 106 Å². The van der Waals surface area contributed by atoms with E-state index in [4.69, 9.17) is 0 Å². The van der Waals surface area contributed by atoms with Crippen LogP contribution in [-0.4, -0.2) is 19.9 Å². The smallest absolute Gasteiger partial charge is 0.353 e. The number of rotatable bonds is 7. The SMILES string of the molecule is O=[N+]([O-])c1c(Nc2nc3ccccc3s2)ncnc1NC(c1ccccc1)c1ccccc1. The number of hydrogen-bond donors (Lipinski definition) is 2. The highest BCUT2D eigenvalue weighted by Crippen LogP contribution is 2.36. The first-order valence-electron chi connectivity index (χ1n) is 10.2. The van der Waals surface area contributed by atoms with Crippen LogP contribution < -0.4 is 10.6 Å². The Morgan fingerprint density at radius 1 is 0.818 bits per heavy atom. The fourth-order valence-corrected chi connectivity index (χ4v) is 4.43. The molecule has 0 aliphatic rings. The van der Waals surface area contributed by atoms with E-state index in [-0.39, 0.29) is 23.4 Å². The van der Waals surface area contributed by atoms with Crippen molar-refractivity contribution in [2.75, 3.05) is 10.6 Å². The van der Waals surface area contributed by atoms with E-state index >= 15 is 0 Å². The van der Waals surface area contributed by atoms with Gasteiger partial charge < -0.3 is 10.6 Å². The molecule has 0 saturated heterocycles. The van der Waals surface area contributed by atoms with E-state index < -0.39 is 4.92 Å². The lowest BCUT2D eigenvalue weighted by Gasteiger charge is -2.20. The quantitative estimate of drug-likeness (QED) is 0.231. The van der Waals surface area contributed by atoms with Crippen molar-refractivity contribution in [3.8, 4) is 0 Å². The average molecular weight is 455 g/mol. The third-order valence-electron chi connectivity index (χ3n) is 5.07. The van der Waals surface area contributed by atoms with Crippen molar-refractivity contribution < 1.29 is 4.92 Å². The van der Waals surface area contributed by atoms with Crippen molar-refractivity contribution in [1.82, 2.24) is 15.0 Å². The van der Waals surface area contributed by atoms with E-state index in [1.165, 1.54) is 17.7 Å². The predicted octanol–water partition coefficient (Wildman–Crippen LogP) is 5.94. The van der Waals surface area contributed by atoms with Crippen LogP contribution in [0.2, 0.25) is 0 Å². The van der Waals surface area contributed by atoms with E-state index in [9.17, 15) is 10.1 Å². The Hall–Kier alpha value is -4.37. The number of thiazole rings is 1. The van der Waals surface area contributed by atoms with Crippen LogP contribution in [0.5, 0.6) is 0 Å². The van der Waals surface area contributed by atoms with Crippen molar-refractivity contribution in [3.63, 3.8) is 0 Å². The van der Waals surface area contributed by atoms with Gasteiger partial charge in [-0.1, -0.05) is 84.1 Å². The summed E-state index contributed by atoms with van der Waals surface area (Å²) in [7, 11) is 0. The highest BCUT2D eigenvalue weighted by molar-refractivity contribution is 7.22. The molecule has 5 aromatic rings. The Bertz CT molecular complexity index is 1340. The first-order chi connectivity index (χ1) is 16.2. The molecular weight excluding hydrogens is 436 g/mol. The van der Waals surface area contributed by atoms with Gasteiger partial charge in [-0.2, -0.15) is 0 Å². The summed E-state index contributed by atoms with van der Waals surface area (Å²) in [6.07, 6.45) is 1.30. The summed E-state index contributed by atoms with van der Waals surface area (Å²) in [6, 6.07) is 26.8. The minimum absolute atomic E-state index is 0.0800. The molecule has 9 heteroatoms. The summed E-state index contributed by atoms with van der Waals surface area (Å²) >= 11 is 1.40. The number of nitrogens with zero attached hydrogens (tertiary/aromatic N) is 4. The van der Waals surface area contributed by atoms with Gasteiger partial charge in [0.05, 0.1) is 21.2 Å². The summed E-state index contributed by atoms with van der Waals surface area (Å²) in [5.41, 5.74) is 2.48. The van der Waals surface area contributed by atoms with Crippen molar-refractivity contribution in [3.05, 3.63) is 112 Å². The number of aromatic nitrogens is 3. The van der Waals surface area contributed by atoms with Gasteiger partial charge in [0.1, 0.15) is 6.33 Å². The van der Waals surface area contributed by atoms with Crippen LogP contribution >= 0.6 is 11.3 Å². The van der Waals surface area contributed by atoms with Gasteiger partial charge in [0.2, 0.25) is 11.6 Å². The number of fused-ring (bicyclic) bond motifs is 1. The number of nitrogens with one attached hydrogen (secondary N) is 2. The van der Waals surface area contributed by atoms with Gasteiger partial charge in [0.15, 0.2) is 5.13 Å². The molecule has 0 saturated carbocycles. The van der Waals surface area contributed by atoms with Gasteiger partial charge in [0, 0.05) is 0 Å². The third kappa shape index (κ3) is 4.35. The van der Waals surface area contributed by atoms with Crippen molar-refractivity contribution in [2.45, 2.75) is 6.04 Å². The zero-order valence-corrected chi connectivity index (χ0v) is 18.1. The molecule has 0 unspecified atom stereocenters. The van der Waals surface area contributed by atoms with Crippen LogP contribution in [0, 0.1) is 10.1 Å². The predicted molar refractivity (Wildman–Crippen MR) is 130 cm³/mol. The summed E-state index contributed by atoms with van der Waals surface area (Å²) in [5.74, 6) is 0.202. The molecule has 3 aromatic carbocycles. The van der Waals surface area contributed by atoms with Crippen LogP contribution in [-0.2, 0) is 0 Å². The number of anilines is 3. The maximum absolute atomic E-state index is 12.1. The van der Waals surface area contributed by atoms with Crippen molar-refractivity contribution in [2.24, 2.45) is 0 Å². The lowest BCUT2D eigenvalue weighted by molar-refractivity contribution is -0.383. The standard InChI is InChI=1S/C24H18N6O2S/c31-30(32)21-22(28-20(16-9-3-1-4-10-16)17-11-5-2-6-12-17)25-15-26-23(21)29-24-27-18-13-7-8-14-19(18)33-24/h1-15,20H,(H2,25,26,27,28,29). The molecule has 33 heavy (non-hydrogen) atoms. The zero-order valence-electron chi connectivity index (χ0n) is 17.3. The lowest BCUT2D eigenvalue weighted by atomic mass is 9.99. The molecule has 0 amide bonds. The second kappa shape index (κ2) is 9.01. The minimum Gasteiger partial charge on any atom is -0.353 e. The van der Waals surface area contributed by atoms with Gasteiger partial charge in [-0.05, 0) is 23.3 Å². The Balaban J connectivity index is 1.54. The zero-order chi connectivity index (χ0) is 22.6. The number of nitro groups is 1. The van der Waals surface area contributed by atoms with Crippen LogP contribution in [0.1, 0.15) is 17.2 Å². The lowest BCUT2D eigenvalue weighted by Crippen LogP contribution is -2.15. The molecule has 0 radical (unpaired) electrons. The average Bonchev–Trinajstić information content (AvgIpc) is 3.26. The second-order valence-corrected chi connectivity index (χ2v) is 8.22. The molecule has 2 aromatic heterocycles. The van der Waals surface area contributed by atoms with Crippen LogP contribution in [0.4, 0.5) is 22.5 Å². The molecule has 2 heterocycles. The molecule has 0 spiro atoms. The highest BCUT2D eigenvalue weighted by atomic mass is 32.1. The number of hydrogen-bond acceptors (Lipinski definition) is 8. The van der Waals surface area contributed by atoms with E-state index in [2.05, 4.69) is 25.6 Å². The fourth-order valence-electron chi connectivity index (χ4n) is 3.56. The summed E-state index contributed by atoms with van der Waals surface area (Å²) in [4.78, 5) is 24.5. The Morgan fingerprint density at radius 2 is 1.42 bits per heavy atom. The van der Waals surface area contributed by atoms with E-state index in [1.54, 1.807) is 0 Å².